The van der Waals surface area contributed by atoms with Gasteiger partial charge in [0.1, 0.15) is 42.4 Å². The number of aryl methyl sites for hydroxylation is 2. The highest BCUT2D eigenvalue weighted by atomic mass is 32.1. The Kier molecular flexibility index (Phi) is 39.0. The van der Waals surface area contributed by atoms with Gasteiger partial charge < -0.3 is 51.2 Å². The maximum absolute atomic E-state index is 12.4. The minimum Gasteiger partial charge on any atom is -0.482 e. The minimum absolute atomic E-state index is 0. The average Bonchev–Trinajstić information content (AvgIpc) is 0.863. The quantitative estimate of drug-likeness (QED) is 0.0194. The predicted molar refractivity (Wildman–Crippen MR) is 457 cm³/mol. The molecule has 1 amide bonds. The van der Waals surface area contributed by atoms with Crippen LogP contribution >= 0.6 is 13.5 Å². The molecule has 11 rings (SSSR count). The molecule has 622 valence electrons. The molecule has 2 aliphatic rings. The van der Waals surface area contributed by atoms with E-state index in [1.54, 1.807) is 37.2 Å². The highest BCUT2D eigenvalue weighted by Gasteiger charge is 2.23. The first-order valence-corrected chi connectivity index (χ1v) is 40.4. The zero-order valence-electron chi connectivity index (χ0n) is 68.0. The van der Waals surface area contributed by atoms with Gasteiger partial charge in [-0.2, -0.15) is 13.5 Å². The molecular formula is C92H116N12O12S. The van der Waals surface area contributed by atoms with Crippen LogP contribution in [0.25, 0.3) is 0 Å². The number of aliphatic carboxylic acids is 3. The number of rotatable bonds is 42. The van der Waals surface area contributed by atoms with E-state index in [-0.39, 0.29) is 62.9 Å². The number of hydrogen-bond donors (Lipinski definition) is 6. The summed E-state index contributed by atoms with van der Waals surface area (Å²) in [5.41, 5.74) is 29.1. The summed E-state index contributed by atoms with van der Waals surface area (Å²) in [4.78, 5) is 103. The fourth-order valence-electron chi connectivity index (χ4n) is 14.1. The lowest BCUT2D eigenvalue weighted by Crippen LogP contribution is -2.47. The molecule has 24 nitrogen and oxygen atoms in total. The van der Waals surface area contributed by atoms with E-state index in [1.165, 1.54) is 33.4 Å². The smallest absolute Gasteiger partial charge is 0.341 e. The van der Waals surface area contributed by atoms with E-state index < -0.39 is 23.9 Å². The van der Waals surface area contributed by atoms with Crippen molar-refractivity contribution in [2.75, 3.05) is 73.2 Å². The van der Waals surface area contributed by atoms with Crippen molar-refractivity contribution >= 4 is 48.9 Å². The van der Waals surface area contributed by atoms with Gasteiger partial charge in [0.15, 0.2) is 19.0 Å². The number of nitrogens with two attached hydrogens (primary N) is 2. The van der Waals surface area contributed by atoms with Gasteiger partial charge in [0.25, 0.3) is 0 Å². The Morgan fingerprint density at radius 2 is 0.940 bits per heavy atom. The summed E-state index contributed by atoms with van der Waals surface area (Å²) < 4.78 is 16.1. The van der Waals surface area contributed by atoms with Crippen LogP contribution in [0.2, 0.25) is 0 Å². The van der Waals surface area contributed by atoms with Gasteiger partial charge in [0.2, 0.25) is 5.91 Å². The third-order valence-electron chi connectivity index (χ3n) is 20.0. The number of hydrogen-bond acceptors (Lipinski definition) is 20. The van der Waals surface area contributed by atoms with Crippen LogP contribution in [0.4, 0.5) is 0 Å². The lowest BCUT2D eigenvalue weighted by molar-refractivity contribution is -0.140. The highest BCUT2D eigenvalue weighted by molar-refractivity contribution is 7.59. The van der Waals surface area contributed by atoms with E-state index in [4.69, 9.17) is 41.0 Å². The molecule has 6 aromatic carbocycles. The van der Waals surface area contributed by atoms with Crippen molar-refractivity contribution in [3.8, 4) is 11.5 Å². The molecule has 3 atom stereocenters. The van der Waals surface area contributed by atoms with Crippen LogP contribution in [0.15, 0.2) is 183 Å². The molecule has 25 heteroatoms. The summed E-state index contributed by atoms with van der Waals surface area (Å²) in [6.07, 6.45) is 19.5. The molecule has 0 radical (unpaired) electrons. The maximum Gasteiger partial charge on any atom is 0.341 e. The van der Waals surface area contributed by atoms with Crippen LogP contribution in [0.5, 0.6) is 11.5 Å². The molecule has 0 aliphatic carbocycles. The molecule has 0 bridgehead atoms. The zero-order chi connectivity index (χ0) is 82.4. The van der Waals surface area contributed by atoms with E-state index in [0.29, 0.717) is 75.5 Å². The summed E-state index contributed by atoms with van der Waals surface area (Å²) in [7, 11) is 4.07. The maximum atomic E-state index is 12.4. The van der Waals surface area contributed by atoms with Gasteiger partial charge in [-0.3, -0.25) is 29.0 Å². The highest BCUT2D eigenvalue weighted by Crippen LogP contribution is 2.24. The van der Waals surface area contributed by atoms with Crippen molar-refractivity contribution in [3.05, 3.63) is 273 Å². The molecule has 2 saturated heterocycles. The van der Waals surface area contributed by atoms with Crippen molar-refractivity contribution in [3.63, 3.8) is 0 Å². The largest absolute Gasteiger partial charge is 0.482 e. The summed E-state index contributed by atoms with van der Waals surface area (Å²) >= 11 is 0. The normalized spacial score (nSPS) is 14.0. The number of carbonyl (C=O) groups excluding carboxylic acids is 3. The van der Waals surface area contributed by atoms with Crippen LogP contribution in [0, 0.1) is 5.92 Å². The topological polar surface area (TPSA) is 342 Å². The van der Waals surface area contributed by atoms with Crippen molar-refractivity contribution in [2.45, 2.75) is 167 Å². The fourth-order valence-corrected chi connectivity index (χ4v) is 14.1. The number of amides is 1. The Hall–Kier alpha value is -10.5. The molecule has 2 fully saturated rings. The van der Waals surface area contributed by atoms with Crippen molar-refractivity contribution in [1.82, 2.24) is 49.9 Å². The summed E-state index contributed by atoms with van der Waals surface area (Å²) in [6, 6.07) is 53.6. The van der Waals surface area contributed by atoms with Crippen LogP contribution in [0.3, 0.4) is 0 Å². The summed E-state index contributed by atoms with van der Waals surface area (Å²) in [5, 5.41) is 29.5. The SMILES string of the molecule is CC(C)C[C@@H](N)C(=O)CCCc1cccc(Cc2cc(Cc3cccc(CN4CCN(CC(=O)O)CC4)c3)ncn2)c1.CN(C)CCCC[C@H](N)C(=O)NCc1cccc(Cc2cc(Cc3ccc(OCC(=O)O)cc3)ncn2)c1.O=C(O)COc1cccc(Cc2cc(Cc3cccc(CCCC(=O)C4CCCCO4)c3)ncn2)c1.S. The van der Waals surface area contributed by atoms with Crippen molar-refractivity contribution in [2.24, 2.45) is 17.4 Å². The Morgan fingerprint density at radius 3 is 1.43 bits per heavy atom. The minimum atomic E-state index is -1.01. The Balaban J connectivity index is 0.000000219. The average molecular weight is 1610 g/mol. The molecule has 5 heterocycles. The van der Waals surface area contributed by atoms with E-state index in [0.717, 1.165) is 173 Å². The van der Waals surface area contributed by atoms with Gasteiger partial charge >= 0.3 is 17.9 Å². The van der Waals surface area contributed by atoms with Gasteiger partial charge in [-0.1, -0.05) is 142 Å². The first-order valence-electron chi connectivity index (χ1n) is 40.4. The first-order chi connectivity index (χ1) is 56.1. The number of nitrogens with zero attached hydrogens (tertiary/aromatic N) is 9. The standard InChI is InChI=1S/C34H45N5O3.C29H37N5O4.C29H32N2O5.H2S/c1-25(2)16-32(35)33(40)11-5-7-26-6-3-8-27(17-26)19-30-21-31(37-24-36-30)20-28-9-4-10-29(18-28)22-38-12-14-39(15-13-38)23-34(41)42;1-34(2)13-4-3-8-27(30)29(37)31-18-23-7-5-6-22(14-23)16-25-17-24(32-20-33-25)15-21-9-11-26(12-10-21)38-19-28(35)36;32-27(28-12-1-2-13-35-28)11-5-7-21-6-3-8-22(14-21)15-24-18-25(31-20-30-24)16-23-9-4-10-26(17-23)36-19-29(33)34;/h3-4,6,8-10,17-18,21,24-25,32H,5,7,11-16,19-20,22-23,35H2,1-2H3,(H,41,42);5-7,9-12,14,17,20,27H,3-4,8,13,15-16,18-19,30H2,1-2H3,(H,31,37)(H,35,36);3-4,6,8-10,14,17-18,20,28H,1-2,5,7,11-13,15-16,19H2,(H,33,34);1H2/t32-;27-;;/m10../s1. The number of benzene rings is 6. The molecular weight excluding hydrogens is 1500 g/mol. The van der Waals surface area contributed by atoms with Crippen LogP contribution in [-0.4, -0.2) is 187 Å². The van der Waals surface area contributed by atoms with Gasteiger partial charge in [-0.25, -0.2) is 39.5 Å². The van der Waals surface area contributed by atoms with Crippen LogP contribution < -0.4 is 26.3 Å². The van der Waals surface area contributed by atoms with E-state index in [2.05, 4.69) is 144 Å². The number of unbranched alkanes of at least 4 members (excludes halogenated alkanes) is 1. The molecule has 3 aromatic heterocycles. The number of carboxylic acid groups (broad SMARTS) is 3. The van der Waals surface area contributed by atoms with E-state index in [1.807, 2.05) is 79.7 Å². The second kappa shape index (κ2) is 49.5. The first kappa shape index (κ1) is 92.0. The van der Waals surface area contributed by atoms with Gasteiger partial charge in [-0.15, -0.1) is 0 Å². The van der Waals surface area contributed by atoms with Crippen molar-refractivity contribution in [1.29, 1.82) is 0 Å². The van der Waals surface area contributed by atoms with Gasteiger partial charge in [-0.05, 0) is 189 Å². The number of piperazine rings is 1. The van der Waals surface area contributed by atoms with Gasteiger partial charge in [0, 0.05) is 131 Å². The molecule has 2 aliphatic heterocycles. The third kappa shape index (κ3) is 35.1. The molecule has 9 aromatic rings. The Labute approximate surface area is 695 Å². The molecule has 1 unspecified atom stereocenters. The van der Waals surface area contributed by atoms with Gasteiger partial charge in [0.05, 0.1) is 18.6 Å². The predicted octanol–water partition coefficient (Wildman–Crippen LogP) is 11.6. The van der Waals surface area contributed by atoms with E-state index >= 15 is 0 Å². The van der Waals surface area contributed by atoms with Crippen LogP contribution in [0.1, 0.15) is 174 Å². The number of carbonyl (C=O) groups is 6. The number of ketones is 2. The molecule has 0 saturated carbocycles. The second-order valence-electron chi connectivity index (χ2n) is 30.8. The summed E-state index contributed by atoms with van der Waals surface area (Å²) in [6.45, 7) is 9.87. The molecule has 8 N–H and O–H groups in total. The third-order valence-corrected chi connectivity index (χ3v) is 20.0. The van der Waals surface area contributed by atoms with Crippen LogP contribution in [-0.2, 0) is 98.0 Å². The number of aromatic nitrogens is 6. The van der Waals surface area contributed by atoms with E-state index in [9.17, 15) is 28.8 Å². The number of Topliss-reactive ketones (excluding diaryl/α,β-unsaturated/α-hetero) is 2. The number of nitrogens with one attached hydrogen (secondary N) is 1. The fraction of sp³-hybridized carbons (Fsp3) is 0.413. The second-order valence-corrected chi connectivity index (χ2v) is 30.8. The monoisotopic (exact) mass is 1610 g/mol. The summed E-state index contributed by atoms with van der Waals surface area (Å²) in [5.74, 6) is -1.04. The Morgan fingerprint density at radius 1 is 0.496 bits per heavy atom. The Bertz CT molecular complexity index is 4600. The lowest BCUT2D eigenvalue weighted by Gasteiger charge is -2.33. The molecule has 117 heavy (non-hydrogen) atoms. The number of carboxylic acids is 3. The molecule has 0 spiro atoms. The lowest BCUT2D eigenvalue weighted by atomic mass is 9.96. The number of ether oxygens (including phenoxy) is 3. The van der Waals surface area contributed by atoms with Crippen molar-refractivity contribution < 1.29 is 58.3 Å². The zero-order valence-corrected chi connectivity index (χ0v) is 69.0.